The molecule has 9 heteroatoms. The Bertz CT molecular complexity index is 979. The summed E-state index contributed by atoms with van der Waals surface area (Å²) in [6.45, 7) is 5.55. The number of H-pyrrole nitrogens is 1. The molecule has 3 aromatic heterocycles. The molecular formula is C21H28N8O. The molecule has 158 valence electrons. The van der Waals surface area contributed by atoms with E-state index in [9.17, 15) is 4.79 Å². The fourth-order valence-corrected chi connectivity index (χ4v) is 4.21. The summed E-state index contributed by atoms with van der Waals surface area (Å²) in [4.78, 5) is 39.9. The van der Waals surface area contributed by atoms with E-state index in [-0.39, 0.29) is 17.4 Å². The van der Waals surface area contributed by atoms with Crippen LogP contribution in [0.3, 0.4) is 0 Å². The number of nitrogens with zero attached hydrogens (tertiary/aromatic N) is 6. The van der Waals surface area contributed by atoms with Crippen LogP contribution >= 0.6 is 0 Å². The summed E-state index contributed by atoms with van der Waals surface area (Å²) in [6, 6.07) is 0.124. The number of imidazole rings is 1. The van der Waals surface area contributed by atoms with E-state index in [1.807, 2.05) is 13.8 Å². The second-order valence-corrected chi connectivity index (χ2v) is 8.24. The van der Waals surface area contributed by atoms with Crippen molar-refractivity contribution < 1.29 is 4.79 Å². The zero-order valence-corrected chi connectivity index (χ0v) is 17.5. The largest absolute Gasteiger partial charge is 0.355 e. The first-order chi connectivity index (χ1) is 14.6. The molecule has 9 nitrogen and oxygen atoms in total. The highest BCUT2D eigenvalue weighted by Crippen LogP contribution is 2.38. The fourth-order valence-electron chi connectivity index (χ4n) is 4.21. The number of nitrogens with one attached hydrogen (secondary N) is 2. The smallest absolute Gasteiger partial charge is 0.226 e. The van der Waals surface area contributed by atoms with Gasteiger partial charge in [-0.1, -0.05) is 0 Å². The van der Waals surface area contributed by atoms with Crippen molar-refractivity contribution in [3.8, 4) is 0 Å². The van der Waals surface area contributed by atoms with Crippen LogP contribution in [0.4, 0.5) is 5.82 Å². The maximum Gasteiger partial charge on any atom is 0.226 e. The van der Waals surface area contributed by atoms with Crippen LogP contribution in [-0.4, -0.2) is 54.9 Å². The Morgan fingerprint density at radius 2 is 2.03 bits per heavy atom. The van der Waals surface area contributed by atoms with Crippen molar-refractivity contribution >= 4 is 22.9 Å². The second-order valence-electron chi connectivity index (χ2n) is 8.24. The predicted octanol–water partition coefficient (Wildman–Crippen LogP) is 2.28. The van der Waals surface area contributed by atoms with Crippen LogP contribution in [0.15, 0.2) is 31.2 Å². The zero-order valence-electron chi connectivity index (χ0n) is 17.5. The molecule has 0 bridgehead atoms. The number of fused-ring (bicyclic) bond motifs is 1. The Hall–Kier alpha value is -3.10. The Labute approximate surface area is 175 Å². The van der Waals surface area contributed by atoms with Crippen LogP contribution in [-0.2, 0) is 11.2 Å². The predicted molar refractivity (Wildman–Crippen MR) is 114 cm³/mol. The van der Waals surface area contributed by atoms with Gasteiger partial charge in [0.25, 0.3) is 0 Å². The van der Waals surface area contributed by atoms with Crippen LogP contribution in [0.25, 0.3) is 11.2 Å². The van der Waals surface area contributed by atoms with Gasteiger partial charge < -0.3 is 15.2 Å². The third-order valence-corrected chi connectivity index (χ3v) is 5.83. The van der Waals surface area contributed by atoms with Crippen molar-refractivity contribution in [3.63, 3.8) is 0 Å². The van der Waals surface area contributed by atoms with Gasteiger partial charge in [-0.2, -0.15) is 0 Å². The Morgan fingerprint density at radius 1 is 1.20 bits per heavy atom. The first kappa shape index (κ1) is 20.2. The molecular weight excluding hydrogens is 380 g/mol. The molecule has 4 rings (SSSR count). The van der Waals surface area contributed by atoms with Gasteiger partial charge in [0, 0.05) is 37.7 Å². The van der Waals surface area contributed by atoms with Crippen LogP contribution in [0.5, 0.6) is 0 Å². The number of anilines is 1. The van der Waals surface area contributed by atoms with E-state index < -0.39 is 0 Å². The van der Waals surface area contributed by atoms with E-state index in [1.165, 1.54) is 0 Å². The molecule has 3 aromatic rings. The Kier molecular flexibility index (Phi) is 5.87. The number of aromatic nitrogens is 6. The number of hydrogen-bond acceptors (Lipinski definition) is 7. The van der Waals surface area contributed by atoms with E-state index in [1.54, 1.807) is 31.2 Å². The SMILES string of the molecule is CC(C)NC(=O)C1(CCCc2cnccn2)CCN(c2ncnc3nc[nH]c23)CC1. The highest BCUT2D eigenvalue weighted by molar-refractivity contribution is 5.85. The molecule has 0 atom stereocenters. The number of aryl methyl sites for hydroxylation is 1. The Balaban J connectivity index is 1.47. The van der Waals surface area contributed by atoms with Gasteiger partial charge in [-0.3, -0.25) is 14.8 Å². The molecule has 2 N–H and O–H groups in total. The monoisotopic (exact) mass is 408 g/mol. The average molecular weight is 409 g/mol. The van der Waals surface area contributed by atoms with Crippen molar-refractivity contribution in [2.75, 3.05) is 18.0 Å². The molecule has 1 aliphatic rings. The molecule has 30 heavy (non-hydrogen) atoms. The van der Waals surface area contributed by atoms with Gasteiger partial charge in [-0.25, -0.2) is 15.0 Å². The van der Waals surface area contributed by atoms with Crippen molar-refractivity contribution in [2.24, 2.45) is 5.41 Å². The lowest BCUT2D eigenvalue weighted by Gasteiger charge is -2.41. The number of amides is 1. The fraction of sp³-hybridized carbons (Fsp3) is 0.524. The summed E-state index contributed by atoms with van der Waals surface area (Å²) in [6.07, 6.45) is 12.5. The van der Waals surface area contributed by atoms with E-state index in [2.05, 4.69) is 40.1 Å². The minimum Gasteiger partial charge on any atom is -0.355 e. The molecule has 0 unspecified atom stereocenters. The molecule has 0 aromatic carbocycles. The van der Waals surface area contributed by atoms with Gasteiger partial charge >= 0.3 is 0 Å². The highest BCUT2D eigenvalue weighted by atomic mass is 16.2. The summed E-state index contributed by atoms with van der Waals surface area (Å²) in [5.41, 5.74) is 2.11. The normalized spacial score (nSPS) is 16.2. The van der Waals surface area contributed by atoms with Crippen LogP contribution < -0.4 is 10.2 Å². The lowest BCUT2D eigenvalue weighted by molar-refractivity contribution is -0.133. The topological polar surface area (TPSA) is 113 Å². The first-order valence-corrected chi connectivity index (χ1v) is 10.5. The summed E-state index contributed by atoms with van der Waals surface area (Å²) < 4.78 is 0. The molecule has 0 spiro atoms. The van der Waals surface area contributed by atoms with Crippen molar-refractivity contribution in [2.45, 2.75) is 52.0 Å². The summed E-state index contributed by atoms with van der Waals surface area (Å²) in [7, 11) is 0. The van der Waals surface area contributed by atoms with Crippen LogP contribution in [0.1, 0.15) is 45.2 Å². The average Bonchev–Trinajstić information content (AvgIpc) is 3.23. The number of hydrogen-bond donors (Lipinski definition) is 2. The number of rotatable bonds is 7. The van der Waals surface area contributed by atoms with E-state index >= 15 is 0 Å². The molecule has 0 radical (unpaired) electrons. The second kappa shape index (κ2) is 8.73. The summed E-state index contributed by atoms with van der Waals surface area (Å²) in [5.74, 6) is 1.01. The van der Waals surface area contributed by atoms with Gasteiger partial charge in [-0.15, -0.1) is 0 Å². The minimum atomic E-state index is -0.372. The minimum absolute atomic E-state index is 0.124. The van der Waals surface area contributed by atoms with E-state index in [0.29, 0.717) is 5.65 Å². The number of carbonyl (C=O) groups is 1. The summed E-state index contributed by atoms with van der Waals surface area (Å²) >= 11 is 0. The van der Waals surface area contributed by atoms with Gasteiger partial charge in [-0.05, 0) is 46.0 Å². The molecule has 1 fully saturated rings. The van der Waals surface area contributed by atoms with E-state index in [0.717, 1.165) is 62.2 Å². The van der Waals surface area contributed by atoms with Crippen molar-refractivity contribution in [1.82, 2.24) is 35.2 Å². The molecule has 1 amide bonds. The van der Waals surface area contributed by atoms with E-state index in [4.69, 9.17) is 0 Å². The van der Waals surface area contributed by atoms with Gasteiger partial charge in [0.15, 0.2) is 11.5 Å². The first-order valence-electron chi connectivity index (χ1n) is 10.5. The highest BCUT2D eigenvalue weighted by Gasteiger charge is 2.41. The lowest BCUT2D eigenvalue weighted by Crippen LogP contribution is -2.50. The molecule has 0 saturated carbocycles. The quantitative estimate of drug-likeness (QED) is 0.617. The Morgan fingerprint density at radius 3 is 2.77 bits per heavy atom. The molecule has 1 aliphatic heterocycles. The zero-order chi connectivity index (χ0) is 21.0. The molecule has 1 saturated heterocycles. The van der Waals surface area contributed by atoms with Gasteiger partial charge in [0.1, 0.15) is 11.8 Å². The third kappa shape index (κ3) is 4.24. The number of carbonyl (C=O) groups excluding carboxylic acids is 1. The maximum absolute atomic E-state index is 13.2. The summed E-state index contributed by atoms with van der Waals surface area (Å²) in [5, 5.41) is 3.15. The molecule has 4 heterocycles. The van der Waals surface area contributed by atoms with Crippen LogP contribution in [0.2, 0.25) is 0 Å². The number of aromatic amines is 1. The number of piperidine rings is 1. The molecule has 0 aliphatic carbocycles. The third-order valence-electron chi connectivity index (χ3n) is 5.83. The van der Waals surface area contributed by atoms with Gasteiger partial charge in [0.2, 0.25) is 5.91 Å². The maximum atomic E-state index is 13.2. The van der Waals surface area contributed by atoms with Crippen LogP contribution in [0, 0.1) is 5.41 Å². The standard InChI is InChI=1S/C21H28N8O/c1-15(2)28-20(30)21(5-3-4-16-12-22-8-9-23-16)6-10-29(11-7-21)19-17-18(25-13-24-17)26-14-27-19/h8-9,12-15H,3-7,10-11H2,1-2H3,(H,28,30)(H,24,25,26,27). The van der Waals surface area contributed by atoms with Gasteiger partial charge in [0.05, 0.1) is 17.4 Å². The van der Waals surface area contributed by atoms with Crippen molar-refractivity contribution in [3.05, 3.63) is 36.9 Å². The lowest BCUT2D eigenvalue weighted by atomic mass is 9.73. The van der Waals surface area contributed by atoms with Crippen molar-refractivity contribution in [1.29, 1.82) is 0 Å².